The first kappa shape index (κ1) is 13.2. The second kappa shape index (κ2) is 5.49. The Morgan fingerprint density at radius 2 is 1.69 bits per heavy atom. The van der Waals surface area contributed by atoms with Gasteiger partial charge in [0.25, 0.3) is 0 Å². The summed E-state index contributed by atoms with van der Waals surface area (Å²) in [5, 5.41) is 1.67. The van der Waals surface area contributed by atoms with Crippen molar-refractivity contribution in [3.8, 4) is 0 Å². The van der Waals surface area contributed by atoms with Crippen LogP contribution in [0, 0.1) is 5.92 Å². The van der Waals surface area contributed by atoms with Crippen LogP contribution < -0.4 is 0 Å². The van der Waals surface area contributed by atoms with Crippen LogP contribution in [-0.4, -0.2) is 8.07 Å². The molecule has 88 valence electrons. The summed E-state index contributed by atoms with van der Waals surface area (Å²) in [5.74, 6) is 0.658. The van der Waals surface area contributed by atoms with E-state index in [1.54, 1.807) is 5.20 Å². The molecule has 0 atom stereocenters. The zero-order valence-corrected chi connectivity index (χ0v) is 12.2. The van der Waals surface area contributed by atoms with Gasteiger partial charge in [0.05, 0.1) is 8.07 Å². The fraction of sp³-hybridized carbons (Fsp3) is 0.467. The van der Waals surface area contributed by atoms with Gasteiger partial charge in [-0.2, -0.15) is 0 Å². The van der Waals surface area contributed by atoms with E-state index in [1.165, 1.54) is 5.56 Å². The van der Waals surface area contributed by atoms with Crippen molar-refractivity contribution in [2.75, 3.05) is 0 Å². The van der Waals surface area contributed by atoms with E-state index < -0.39 is 8.07 Å². The third-order valence-corrected chi connectivity index (χ3v) is 5.01. The summed E-state index contributed by atoms with van der Waals surface area (Å²) in [6, 6.07) is 10.8. The third-order valence-electron chi connectivity index (χ3n) is 2.74. The second-order valence-electron chi connectivity index (χ2n) is 5.85. The predicted octanol–water partition coefficient (Wildman–Crippen LogP) is 4.69. The van der Waals surface area contributed by atoms with Crippen LogP contribution in [0.4, 0.5) is 0 Å². The Morgan fingerprint density at radius 3 is 2.12 bits per heavy atom. The standard InChI is InChI=1S/C15H24Si/c1-13(2)11-15(16(3,4)5)12-14-9-7-6-8-10-14/h6-11,13H,12H2,1-5H3/b15-11-. The highest BCUT2D eigenvalue weighted by Crippen LogP contribution is 2.21. The summed E-state index contributed by atoms with van der Waals surface area (Å²) in [6.07, 6.45) is 3.61. The molecule has 16 heavy (non-hydrogen) atoms. The molecule has 0 N–H and O–H groups in total. The van der Waals surface area contributed by atoms with Gasteiger partial charge in [0.1, 0.15) is 0 Å². The Hall–Kier alpha value is -0.823. The average molecular weight is 232 g/mol. The Kier molecular flexibility index (Phi) is 4.54. The Bertz CT molecular complexity index is 341. The van der Waals surface area contributed by atoms with Crippen molar-refractivity contribution in [2.45, 2.75) is 39.9 Å². The van der Waals surface area contributed by atoms with Crippen molar-refractivity contribution in [3.63, 3.8) is 0 Å². The van der Waals surface area contributed by atoms with Crippen LogP contribution in [0.1, 0.15) is 19.4 Å². The highest BCUT2D eigenvalue weighted by molar-refractivity contribution is 6.83. The molecule has 1 heteroatoms. The van der Waals surface area contributed by atoms with Crippen LogP contribution in [0.25, 0.3) is 0 Å². The molecule has 0 bridgehead atoms. The lowest BCUT2D eigenvalue weighted by Crippen LogP contribution is -2.26. The normalized spacial score (nSPS) is 13.2. The summed E-state index contributed by atoms with van der Waals surface area (Å²) in [6.45, 7) is 11.8. The second-order valence-corrected chi connectivity index (χ2v) is 11.0. The molecule has 0 amide bonds. The zero-order valence-electron chi connectivity index (χ0n) is 11.2. The fourth-order valence-electron chi connectivity index (χ4n) is 1.79. The molecule has 0 spiro atoms. The van der Waals surface area contributed by atoms with Crippen molar-refractivity contribution in [2.24, 2.45) is 5.92 Å². The molecule has 0 fully saturated rings. The molecule has 0 aliphatic carbocycles. The number of allylic oxidation sites excluding steroid dienone is 2. The highest BCUT2D eigenvalue weighted by atomic mass is 28.3. The van der Waals surface area contributed by atoms with E-state index in [9.17, 15) is 0 Å². The monoisotopic (exact) mass is 232 g/mol. The van der Waals surface area contributed by atoms with Crippen molar-refractivity contribution in [1.82, 2.24) is 0 Å². The molecule has 0 aliphatic rings. The number of rotatable bonds is 4. The summed E-state index contributed by atoms with van der Waals surface area (Å²) < 4.78 is 0. The van der Waals surface area contributed by atoms with E-state index in [0.717, 1.165) is 6.42 Å². The SMILES string of the molecule is CC(C)/C=C(/Cc1ccccc1)[Si](C)(C)C. The maximum Gasteiger partial charge on any atom is 0.0724 e. The van der Waals surface area contributed by atoms with Gasteiger partial charge in [-0.15, -0.1) is 0 Å². The van der Waals surface area contributed by atoms with Crippen molar-refractivity contribution < 1.29 is 0 Å². The summed E-state index contributed by atoms with van der Waals surface area (Å²) in [5.41, 5.74) is 1.44. The molecule has 0 saturated carbocycles. The molecule has 0 unspecified atom stereocenters. The van der Waals surface area contributed by atoms with Gasteiger partial charge >= 0.3 is 0 Å². The van der Waals surface area contributed by atoms with Gasteiger partial charge in [-0.1, -0.05) is 75.1 Å². The topological polar surface area (TPSA) is 0 Å². The lowest BCUT2D eigenvalue weighted by Gasteiger charge is -2.22. The smallest absolute Gasteiger partial charge is 0.0724 e. The summed E-state index contributed by atoms with van der Waals surface area (Å²) in [7, 11) is -1.17. The van der Waals surface area contributed by atoms with Gasteiger partial charge in [-0.3, -0.25) is 0 Å². The molecular weight excluding hydrogens is 208 g/mol. The predicted molar refractivity (Wildman–Crippen MR) is 76.4 cm³/mol. The van der Waals surface area contributed by atoms with Crippen LogP contribution in [-0.2, 0) is 6.42 Å². The lowest BCUT2D eigenvalue weighted by atomic mass is 10.1. The molecular formula is C15H24Si. The molecule has 0 aliphatic heterocycles. The molecule has 1 rings (SSSR count). The molecule has 0 nitrogen and oxygen atoms in total. The number of hydrogen-bond donors (Lipinski definition) is 0. The number of hydrogen-bond acceptors (Lipinski definition) is 0. The molecule has 0 saturated heterocycles. The van der Waals surface area contributed by atoms with Crippen LogP contribution in [0.5, 0.6) is 0 Å². The quantitative estimate of drug-likeness (QED) is 0.661. The van der Waals surface area contributed by atoms with Crippen molar-refractivity contribution in [3.05, 3.63) is 47.2 Å². The van der Waals surface area contributed by atoms with E-state index >= 15 is 0 Å². The van der Waals surface area contributed by atoms with Crippen LogP contribution in [0.15, 0.2) is 41.6 Å². The summed E-state index contributed by atoms with van der Waals surface area (Å²) in [4.78, 5) is 0. The minimum atomic E-state index is -1.17. The summed E-state index contributed by atoms with van der Waals surface area (Å²) >= 11 is 0. The van der Waals surface area contributed by atoms with Crippen LogP contribution >= 0.6 is 0 Å². The van der Waals surface area contributed by atoms with Gasteiger partial charge in [0.15, 0.2) is 0 Å². The Morgan fingerprint density at radius 1 is 1.12 bits per heavy atom. The van der Waals surface area contributed by atoms with Gasteiger partial charge in [-0.25, -0.2) is 0 Å². The van der Waals surface area contributed by atoms with Crippen LogP contribution in [0.3, 0.4) is 0 Å². The van der Waals surface area contributed by atoms with Gasteiger partial charge in [0.2, 0.25) is 0 Å². The molecule has 0 radical (unpaired) electrons. The van der Waals surface area contributed by atoms with Gasteiger partial charge in [0, 0.05) is 0 Å². The van der Waals surface area contributed by atoms with E-state index in [1.807, 2.05) is 0 Å². The van der Waals surface area contributed by atoms with Gasteiger partial charge in [-0.05, 0) is 17.9 Å². The lowest BCUT2D eigenvalue weighted by molar-refractivity contribution is 0.822. The minimum Gasteiger partial charge on any atom is -0.0863 e. The number of benzene rings is 1. The van der Waals surface area contributed by atoms with Gasteiger partial charge < -0.3 is 0 Å². The third kappa shape index (κ3) is 4.36. The van der Waals surface area contributed by atoms with Crippen molar-refractivity contribution in [1.29, 1.82) is 0 Å². The minimum absolute atomic E-state index is 0.658. The highest BCUT2D eigenvalue weighted by Gasteiger charge is 2.19. The van der Waals surface area contributed by atoms with Crippen molar-refractivity contribution >= 4 is 8.07 Å². The van der Waals surface area contributed by atoms with Crippen LogP contribution in [0.2, 0.25) is 19.6 Å². The average Bonchev–Trinajstić information content (AvgIpc) is 2.16. The maximum absolute atomic E-state index is 2.47. The van der Waals surface area contributed by atoms with E-state index in [0.29, 0.717) is 5.92 Å². The Balaban J connectivity index is 2.89. The Labute approximate surface area is 101 Å². The van der Waals surface area contributed by atoms with E-state index in [-0.39, 0.29) is 0 Å². The molecule has 1 aromatic carbocycles. The molecule has 1 aromatic rings. The maximum atomic E-state index is 2.47. The van der Waals surface area contributed by atoms with E-state index in [2.05, 4.69) is 69.9 Å². The zero-order chi connectivity index (χ0) is 12.2. The molecule has 0 heterocycles. The fourth-order valence-corrected chi connectivity index (χ4v) is 3.36. The first-order chi connectivity index (χ1) is 7.39. The molecule has 0 aromatic heterocycles. The largest absolute Gasteiger partial charge is 0.0863 e. The first-order valence-corrected chi connectivity index (χ1v) is 9.64. The van der Waals surface area contributed by atoms with E-state index in [4.69, 9.17) is 0 Å². The first-order valence-electron chi connectivity index (χ1n) is 6.14.